The lowest BCUT2D eigenvalue weighted by Gasteiger charge is -2.02. The quantitative estimate of drug-likeness (QED) is 0.663. The van der Waals surface area contributed by atoms with Gasteiger partial charge in [0.25, 0.3) is 0 Å². The number of rotatable bonds is 3. The molecule has 0 aromatic heterocycles. The number of hydrogen-bond donors (Lipinski definition) is 1. The maximum Gasteiger partial charge on any atom is 0.129 e. The molecule has 0 aliphatic rings. The molecular weight excluding hydrogens is 242 g/mol. The molecule has 1 N–H and O–H groups in total. The van der Waals surface area contributed by atoms with Crippen molar-refractivity contribution in [3.8, 4) is 11.8 Å². The Hall–Kier alpha value is -2.18. The molecule has 0 aliphatic carbocycles. The molecule has 88 valence electrons. The van der Waals surface area contributed by atoms with E-state index in [0.29, 0.717) is 9.80 Å². The van der Waals surface area contributed by atoms with E-state index in [1.54, 1.807) is 24.3 Å². The molecule has 3 heteroatoms. The number of benzene rings is 2. The monoisotopic (exact) mass is 253 g/mol. The zero-order valence-corrected chi connectivity index (χ0v) is 10.4. The van der Waals surface area contributed by atoms with Crippen molar-refractivity contribution in [3.63, 3.8) is 0 Å². The van der Waals surface area contributed by atoms with Gasteiger partial charge in [-0.15, -0.1) is 0 Å². The van der Waals surface area contributed by atoms with Crippen LogP contribution in [0, 0.1) is 11.3 Å². The van der Waals surface area contributed by atoms with Gasteiger partial charge in [-0.05, 0) is 23.8 Å². The normalized spacial score (nSPS) is 10.9. The summed E-state index contributed by atoms with van der Waals surface area (Å²) in [6.07, 6.45) is 1.80. The zero-order valence-electron chi connectivity index (χ0n) is 9.58. The summed E-state index contributed by atoms with van der Waals surface area (Å²) in [6, 6.07) is 18.8. The summed E-state index contributed by atoms with van der Waals surface area (Å²) in [6.45, 7) is 0. The highest BCUT2D eigenvalue weighted by Crippen LogP contribution is 2.33. The van der Waals surface area contributed by atoms with Gasteiger partial charge in [0.2, 0.25) is 0 Å². The van der Waals surface area contributed by atoms with E-state index in [4.69, 9.17) is 5.26 Å². The lowest BCUT2D eigenvalue weighted by Crippen LogP contribution is -1.77. The highest BCUT2D eigenvalue weighted by Gasteiger charge is 2.04. The molecule has 18 heavy (non-hydrogen) atoms. The van der Waals surface area contributed by atoms with E-state index in [0.717, 1.165) is 5.56 Å². The summed E-state index contributed by atoms with van der Waals surface area (Å²) in [5.41, 5.74) is 0.969. The van der Waals surface area contributed by atoms with Crippen LogP contribution < -0.4 is 0 Å². The van der Waals surface area contributed by atoms with Crippen LogP contribution in [0.15, 0.2) is 64.4 Å². The molecule has 0 amide bonds. The van der Waals surface area contributed by atoms with Gasteiger partial charge >= 0.3 is 0 Å². The molecular formula is C15H11NOS. The average Bonchev–Trinajstić information content (AvgIpc) is 2.41. The Kier molecular flexibility index (Phi) is 4.06. The van der Waals surface area contributed by atoms with Crippen molar-refractivity contribution in [2.24, 2.45) is 0 Å². The second-order valence-corrected chi connectivity index (χ2v) is 4.68. The van der Waals surface area contributed by atoms with Crippen LogP contribution in [0.25, 0.3) is 6.08 Å². The van der Waals surface area contributed by atoms with Crippen molar-refractivity contribution >= 4 is 17.8 Å². The standard InChI is InChI=1S/C15H11NOS/c16-11-13(10-12-6-2-1-3-7-12)18-15-9-5-4-8-14(15)17/h1-10,17H/b13-10+. The second-order valence-electron chi connectivity index (χ2n) is 3.60. The third-order valence-electron chi connectivity index (χ3n) is 2.29. The van der Waals surface area contributed by atoms with Crippen molar-refractivity contribution in [2.75, 3.05) is 0 Å². The molecule has 0 bridgehead atoms. The Morgan fingerprint density at radius 2 is 1.72 bits per heavy atom. The van der Waals surface area contributed by atoms with Crippen LogP contribution >= 0.6 is 11.8 Å². The fourth-order valence-electron chi connectivity index (χ4n) is 1.45. The SMILES string of the molecule is N#C/C(=C\c1ccccc1)Sc1ccccc1O. The number of thioether (sulfide) groups is 1. The minimum Gasteiger partial charge on any atom is -0.507 e. The molecule has 2 aromatic rings. The van der Waals surface area contributed by atoms with Gasteiger partial charge in [0.05, 0.1) is 9.80 Å². The number of phenols is 1. The first-order valence-electron chi connectivity index (χ1n) is 5.42. The van der Waals surface area contributed by atoms with Gasteiger partial charge in [0.1, 0.15) is 11.8 Å². The number of allylic oxidation sites excluding steroid dienone is 1. The molecule has 2 aromatic carbocycles. The maximum absolute atomic E-state index is 9.66. The molecule has 2 nitrogen and oxygen atoms in total. The number of phenolic OH excluding ortho intramolecular Hbond substituents is 1. The van der Waals surface area contributed by atoms with Crippen LogP contribution in [0.5, 0.6) is 5.75 Å². The number of aromatic hydroxyl groups is 1. The molecule has 0 saturated carbocycles. The molecule has 0 fully saturated rings. The van der Waals surface area contributed by atoms with Crippen molar-refractivity contribution < 1.29 is 5.11 Å². The minimum absolute atomic E-state index is 0.191. The van der Waals surface area contributed by atoms with Crippen LogP contribution in [0.1, 0.15) is 5.56 Å². The topological polar surface area (TPSA) is 44.0 Å². The summed E-state index contributed by atoms with van der Waals surface area (Å²) in [4.78, 5) is 1.23. The highest BCUT2D eigenvalue weighted by molar-refractivity contribution is 8.03. The Bertz CT molecular complexity index is 599. The van der Waals surface area contributed by atoms with Gasteiger partial charge in [-0.2, -0.15) is 5.26 Å². The molecule has 0 aliphatic heterocycles. The zero-order chi connectivity index (χ0) is 12.8. The molecule has 2 rings (SSSR count). The van der Waals surface area contributed by atoms with Crippen LogP contribution in [-0.4, -0.2) is 5.11 Å². The Balaban J connectivity index is 2.24. The van der Waals surface area contributed by atoms with E-state index in [1.165, 1.54) is 11.8 Å². The number of nitriles is 1. The van der Waals surface area contributed by atoms with Gasteiger partial charge in [-0.1, -0.05) is 54.2 Å². The van der Waals surface area contributed by atoms with Crippen molar-refractivity contribution in [2.45, 2.75) is 4.90 Å². The predicted molar refractivity (Wildman–Crippen MR) is 74.0 cm³/mol. The van der Waals surface area contributed by atoms with Gasteiger partial charge in [0.15, 0.2) is 0 Å². The molecule has 0 radical (unpaired) electrons. The summed E-state index contributed by atoms with van der Waals surface area (Å²) < 4.78 is 0. The van der Waals surface area contributed by atoms with Crippen molar-refractivity contribution in [3.05, 3.63) is 65.1 Å². The Morgan fingerprint density at radius 3 is 2.39 bits per heavy atom. The third kappa shape index (κ3) is 3.16. The van der Waals surface area contributed by atoms with Crippen LogP contribution in [-0.2, 0) is 0 Å². The predicted octanol–water partition coefficient (Wildman–Crippen LogP) is 4.05. The molecule has 0 spiro atoms. The van der Waals surface area contributed by atoms with Crippen LogP contribution in [0.2, 0.25) is 0 Å². The Labute approximate surface area is 110 Å². The lowest BCUT2D eigenvalue weighted by atomic mass is 10.2. The fraction of sp³-hybridized carbons (Fsp3) is 0. The van der Waals surface area contributed by atoms with E-state index in [9.17, 15) is 5.11 Å². The van der Waals surface area contributed by atoms with Crippen molar-refractivity contribution in [1.82, 2.24) is 0 Å². The minimum atomic E-state index is 0.191. The second kappa shape index (κ2) is 5.95. The largest absolute Gasteiger partial charge is 0.507 e. The first-order valence-corrected chi connectivity index (χ1v) is 6.24. The summed E-state index contributed by atoms with van der Waals surface area (Å²) in [5.74, 6) is 0.191. The average molecular weight is 253 g/mol. The van der Waals surface area contributed by atoms with E-state index < -0.39 is 0 Å². The molecule has 0 saturated heterocycles. The lowest BCUT2D eigenvalue weighted by molar-refractivity contribution is 0.462. The number of para-hydroxylation sites is 1. The van der Waals surface area contributed by atoms with E-state index in [2.05, 4.69) is 6.07 Å². The first kappa shape index (κ1) is 12.3. The first-order chi connectivity index (χ1) is 8.79. The summed E-state index contributed by atoms with van der Waals surface area (Å²) in [5, 5.41) is 18.8. The third-order valence-corrected chi connectivity index (χ3v) is 3.29. The van der Waals surface area contributed by atoms with Crippen molar-refractivity contribution in [1.29, 1.82) is 5.26 Å². The van der Waals surface area contributed by atoms with Gasteiger partial charge in [-0.25, -0.2) is 0 Å². The fourth-order valence-corrected chi connectivity index (χ4v) is 2.24. The van der Waals surface area contributed by atoms with E-state index >= 15 is 0 Å². The number of nitrogens with zero attached hydrogens (tertiary/aromatic N) is 1. The van der Waals surface area contributed by atoms with Crippen LogP contribution in [0.4, 0.5) is 0 Å². The van der Waals surface area contributed by atoms with Gasteiger partial charge in [0, 0.05) is 0 Å². The summed E-state index contributed by atoms with van der Waals surface area (Å²) in [7, 11) is 0. The highest BCUT2D eigenvalue weighted by atomic mass is 32.2. The summed E-state index contributed by atoms with van der Waals surface area (Å²) >= 11 is 1.26. The van der Waals surface area contributed by atoms with Crippen LogP contribution in [0.3, 0.4) is 0 Å². The number of hydrogen-bond acceptors (Lipinski definition) is 3. The molecule has 0 heterocycles. The maximum atomic E-state index is 9.66. The van der Waals surface area contributed by atoms with E-state index in [-0.39, 0.29) is 5.75 Å². The van der Waals surface area contributed by atoms with Gasteiger partial charge < -0.3 is 5.11 Å². The Morgan fingerprint density at radius 1 is 1.06 bits per heavy atom. The smallest absolute Gasteiger partial charge is 0.129 e. The van der Waals surface area contributed by atoms with Gasteiger partial charge in [-0.3, -0.25) is 0 Å². The molecule has 0 atom stereocenters. The molecule has 0 unspecified atom stereocenters. The van der Waals surface area contributed by atoms with E-state index in [1.807, 2.05) is 36.4 Å².